The first kappa shape index (κ1) is 17.4. The van der Waals surface area contributed by atoms with Crippen molar-refractivity contribution in [3.63, 3.8) is 0 Å². The second-order valence-electron chi connectivity index (χ2n) is 6.08. The van der Waals surface area contributed by atoms with Crippen LogP contribution in [0.15, 0.2) is 0 Å². The predicted molar refractivity (Wildman–Crippen MR) is 81.6 cm³/mol. The number of unbranched alkanes of at least 4 members (excludes halogenated alkanes) is 1. The fourth-order valence-electron chi connectivity index (χ4n) is 2.78. The Morgan fingerprint density at radius 2 is 2.25 bits per heavy atom. The number of carbonyl (C=O) groups is 1. The molecule has 2 unspecified atom stereocenters. The van der Waals surface area contributed by atoms with E-state index in [2.05, 4.69) is 17.3 Å². The maximum Gasteiger partial charge on any atom is 0.237 e. The minimum atomic E-state index is -0.568. The van der Waals surface area contributed by atoms with Gasteiger partial charge in [-0.15, -0.1) is 0 Å². The van der Waals surface area contributed by atoms with Crippen molar-refractivity contribution in [3.8, 4) is 0 Å². The van der Waals surface area contributed by atoms with Crippen LogP contribution >= 0.6 is 0 Å². The highest BCUT2D eigenvalue weighted by atomic mass is 16.5. The minimum absolute atomic E-state index is 0.257. The van der Waals surface area contributed by atoms with E-state index in [1.165, 1.54) is 12.8 Å². The Hall–Kier alpha value is -0.650. The van der Waals surface area contributed by atoms with Gasteiger partial charge in [0, 0.05) is 13.2 Å². The quantitative estimate of drug-likeness (QED) is 0.590. The van der Waals surface area contributed by atoms with Crippen LogP contribution in [-0.4, -0.2) is 55.7 Å². The molecule has 0 saturated carbocycles. The largest absolute Gasteiger partial charge is 0.377 e. The summed E-state index contributed by atoms with van der Waals surface area (Å²) in [5, 5.41) is 3.20. The van der Waals surface area contributed by atoms with Crippen molar-refractivity contribution >= 4 is 5.91 Å². The highest BCUT2D eigenvalue weighted by molar-refractivity contribution is 5.84. The number of carbonyl (C=O) groups excluding carboxylic acids is 1. The average Bonchev–Trinajstić information content (AvgIpc) is 2.87. The lowest BCUT2D eigenvalue weighted by Crippen LogP contribution is -2.53. The van der Waals surface area contributed by atoms with E-state index >= 15 is 0 Å². The third-order valence-electron chi connectivity index (χ3n) is 4.12. The Morgan fingerprint density at radius 3 is 2.80 bits per heavy atom. The van der Waals surface area contributed by atoms with Crippen LogP contribution < -0.4 is 11.1 Å². The molecule has 5 heteroatoms. The van der Waals surface area contributed by atoms with E-state index in [1.54, 1.807) is 0 Å². The zero-order valence-electron chi connectivity index (χ0n) is 13.3. The monoisotopic (exact) mass is 285 g/mol. The van der Waals surface area contributed by atoms with Gasteiger partial charge >= 0.3 is 0 Å². The maximum atomic E-state index is 11.5. The zero-order chi connectivity index (χ0) is 15.0. The number of rotatable bonds is 10. The van der Waals surface area contributed by atoms with Gasteiger partial charge in [0.05, 0.1) is 11.6 Å². The number of ether oxygens (including phenoxy) is 1. The van der Waals surface area contributed by atoms with Crippen LogP contribution in [0.4, 0.5) is 0 Å². The molecule has 0 aromatic rings. The van der Waals surface area contributed by atoms with Gasteiger partial charge in [0.25, 0.3) is 0 Å². The molecular weight excluding hydrogens is 254 g/mol. The third kappa shape index (κ3) is 5.77. The van der Waals surface area contributed by atoms with Gasteiger partial charge in [0.1, 0.15) is 0 Å². The number of primary amides is 1. The highest BCUT2D eigenvalue weighted by Crippen LogP contribution is 2.15. The van der Waals surface area contributed by atoms with Crippen molar-refractivity contribution in [2.45, 2.75) is 57.6 Å². The Kier molecular flexibility index (Phi) is 7.48. The highest BCUT2D eigenvalue weighted by Gasteiger charge is 2.28. The van der Waals surface area contributed by atoms with Gasteiger partial charge in [0.2, 0.25) is 5.91 Å². The molecule has 3 N–H and O–H groups in total. The van der Waals surface area contributed by atoms with Crippen molar-refractivity contribution in [3.05, 3.63) is 0 Å². The van der Waals surface area contributed by atoms with Crippen molar-refractivity contribution < 1.29 is 9.53 Å². The van der Waals surface area contributed by atoms with E-state index in [4.69, 9.17) is 10.5 Å². The number of nitrogens with one attached hydrogen (secondary N) is 1. The first-order chi connectivity index (χ1) is 9.48. The van der Waals surface area contributed by atoms with Crippen molar-refractivity contribution in [1.29, 1.82) is 0 Å². The molecule has 20 heavy (non-hydrogen) atoms. The fourth-order valence-corrected chi connectivity index (χ4v) is 2.78. The molecule has 1 amide bonds. The number of likely N-dealkylation sites (N-methyl/N-ethyl adjacent to an activating group) is 2. The van der Waals surface area contributed by atoms with Crippen LogP contribution in [0.2, 0.25) is 0 Å². The minimum Gasteiger partial charge on any atom is -0.377 e. The standard InChI is InChI=1S/C15H31N3O2/c1-4-17-15(2,14(16)19)9-5-6-10-18(3)12-13-8-7-11-20-13/h13,17H,4-12H2,1-3H3,(H2,16,19). The number of hydrogen-bond acceptors (Lipinski definition) is 4. The zero-order valence-corrected chi connectivity index (χ0v) is 13.3. The molecule has 1 aliphatic heterocycles. The average molecular weight is 285 g/mol. The molecule has 0 aromatic carbocycles. The molecule has 118 valence electrons. The maximum absolute atomic E-state index is 11.5. The van der Waals surface area contributed by atoms with E-state index in [-0.39, 0.29) is 5.91 Å². The van der Waals surface area contributed by atoms with Crippen LogP contribution in [0.5, 0.6) is 0 Å². The number of amides is 1. The molecule has 1 aliphatic rings. The van der Waals surface area contributed by atoms with Gasteiger partial charge in [-0.2, -0.15) is 0 Å². The van der Waals surface area contributed by atoms with E-state index < -0.39 is 5.54 Å². The van der Waals surface area contributed by atoms with Crippen LogP contribution in [0.3, 0.4) is 0 Å². The predicted octanol–water partition coefficient (Wildman–Crippen LogP) is 1.12. The van der Waals surface area contributed by atoms with Crippen LogP contribution in [0, 0.1) is 0 Å². The molecule has 0 bridgehead atoms. The molecule has 1 rings (SSSR count). The van der Waals surface area contributed by atoms with Gasteiger partial charge in [-0.05, 0) is 59.2 Å². The number of nitrogens with zero attached hydrogens (tertiary/aromatic N) is 1. The van der Waals surface area contributed by atoms with Gasteiger partial charge in [0.15, 0.2) is 0 Å². The Morgan fingerprint density at radius 1 is 1.50 bits per heavy atom. The lowest BCUT2D eigenvalue weighted by molar-refractivity contribution is -0.124. The van der Waals surface area contributed by atoms with Crippen LogP contribution in [0.25, 0.3) is 0 Å². The Labute approximate surface area is 123 Å². The smallest absolute Gasteiger partial charge is 0.237 e. The molecule has 5 nitrogen and oxygen atoms in total. The summed E-state index contributed by atoms with van der Waals surface area (Å²) in [7, 11) is 2.14. The fraction of sp³-hybridized carbons (Fsp3) is 0.933. The normalized spacial score (nSPS) is 22.1. The number of nitrogens with two attached hydrogens (primary N) is 1. The lowest BCUT2D eigenvalue weighted by Gasteiger charge is -2.27. The summed E-state index contributed by atoms with van der Waals surface area (Å²) in [4.78, 5) is 13.8. The summed E-state index contributed by atoms with van der Waals surface area (Å²) < 4.78 is 5.63. The van der Waals surface area contributed by atoms with Gasteiger partial charge < -0.3 is 20.7 Å². The van der Waals surface area contributed by atoms with Crippen LogP contribution in [-0.2, 0) is 9.53 Å². The molecule has 1 heterocycles. The molecule has 0 aliphatic carbocycles. The second kappa shape index (κ2) is 8.60. The van der Waals surface area contributed by atoms with Crippen molar-refractivity contribution in [1.82, 2.24) is 10.2 Å². The molecule has 0 aromatic heterocycles. The van der Waals surface area contributed by atoms with Gasteiger partial charge in [-0.1, -0.05) is 6.92 Å². The van der Waals surface area contributed by atoms with Gasteiger partial charge in [-0.25, -0.2) is 0 Å². The molecule has 2 atom stereocenters. The Balaban J connectivity index is 2.17. The Bertz CT molecular complexity index is 293. The van der Waals surface area contributed by atoms with Gasteiger partial charge in [-0.3, -0.25) is 4.79 Å². The van der Waals surface area contributed by atoms with Crippen molar-refractivity contribution in [2.24, 2.45) is 5.73 Å². The molecular formula is C15H31N3O2. The van der Waals surface area contributed by atoms with E-state index in [9.17, 15) is 4.79 Å². The lowest BCUT2D eigenvalue weighted by atomic mass is 9.94. The summed E-state index contributed by atoms with van der Waals surface area (Å²) in [5.74, 6) is -0.257. The summed E-state index contributed by atoms with van der Waals surface area (Å²) in [6, 6.07) is 0. The molecule has 1 saturated heterocycles. The number of hydrogen-bond donors (Lipinski definition) is 2. The summed E-state index contributed by atoms with van der Waals surface area (Å²) >= 11 is 0. The topological polar surface area (TPSA) is 67.6 Å². The van der Waals surface area contributed by atoms with Crippen LogP contribution in [0.1, 0.15) is 46.0 Å². The van der Waals surface area contributed by atoms with Crippen molar-refractivity contribution in [2.75, 3.05) is 33.3 Å². The summed E-state index contributed by atoms with van der Waals surface area (Å²) in [6.07, 6.45) is 5.67. The van der Waals surface area contributed by atoms with E-state index in [0.717, 1.165) is 45.5 Å². The SMILES string of the molecule is CCNC(C)(CCCCN(C)CC1CCCO1)C(N)=O. The van der Waals surface area contributed by atoms with E-state index in [0.29, 0.717) is 6.10 Å². The summed E-state index contributed by atoms with van der Waals surface area (Å²) in [5.41, 5.74) is 4.91. The second-order valence-corrected chi connectivity index (χ2v) is 6.08. The summed E-state index contributed by atoms with van der Waals surface area (Å²) in [6.45, 7) is 7.63. The third-order valence-corrected chi connectivity index (χ3v) is 4.12. The van der Waals surface area contributed by atoms with E-state index in [1.807, 2.05) is 13.8 Å². The molecule has 1 fully saturated rings. The first-order valence-electron chi connectivity index (χ1n) is 7.83. The molecule has 0 spiro atoms. The first-order valence-corrected chi connectivity index (χ1v) is 7.83. The molecule has 0 radical (unpaired) electrons.